The van der Waals surface area contributed by atoms with Gasteiger partial charge in [0.2, 0.25) is 0 Å². The molecule has 7 heteroatoms. The van der Waals surface area contributed by atoms with Crippen LogP contribution < -0.4 is 5.73 Å². The van der Waals surface area contributed by atoms with Crippen LogP contribution in [0, 0.1) is 12.8 Å². The molecule has 0 aromatic rings. The Morgan fingerprint density at radius 1 is 0.850 bits per heavy atom. The number of aliphatic hydroxyl groups is 2. The van der Waals surface area contributed by atoms with E-state index in [0.29, 0.717) is 17.8 Å². The number of unbranched alkanes of at least 4 members (excludes halogenated alkanes) is 17. The Hall–Kier alpha value is -2.43. The lowest BCUT2D eigenvalue weighted by atomic mass is 10.0. The van der Waals surface area contributed by atoms with Crippen molar-refractivity contribution < 1.29 is 19.8 Å². The third kappa shape index (κ3) is 23.5. The zero-order chi connectivity index (χ0) is 30.9. The van der Waals surface area contributed by atoms with Gasteiger partial charge < -0.3 is 20.7 Å². The van der Waals surface area contributed by atoms with Crippen LogP contribution in [0.5, 0.6) is 0 Å². The Labute approximate surface area is 246 Å². The molecule has 0 saturated carbocycles. The lowest BCUT2D eigenvalue weighted by molar-refractivity contribution is -0.126. The van der Waals surface area contributed by atoms with E-state index in [1.165, 1.54) is 120 Å². The molecule has 0 unspecified atom stereocenters. The van der Waals surface area contributed by atoms with Crippen molar-refractivity contribution in [1.29, 1.82) is 0 Å². The number of terminal acetylenes is 1. The van der Waals surface area contributed by atoms with Crippen LogP contribution in [0.1, 0.15) is 142 Å². The second-order valence-corrected chi connectivity index (χ2v) is 9.82. The third-order valence-corrected chi connectivity index (χ3v) is 6.76. The number of hydrazone groups is 1. The van der Waals surface area contributed by atoms with E-state index in [2.05, 4.69) is 24.9 Å². The molecule has 1 aliphatic rings. The fourth-order valence-corrected chi connectivity index (χ4v) is 4.65. The van der Waals surface area contributed by atoms with Gasteiger partial charge in [-0.05, 0) is 25.8 Å². The SMILES string of the molecule is C#C.C/C=C(\C(N)=C/CO)N1N=C(CCCCCCCCCCCCCCCCCCCC)CC1=O.C=O.CO. The fourth-order valence-electron chi connectivity index (χ4n) is 4.65. The lowest BCUT2D eigenvalue weighted by Crippen LogP contribution is -2.24. The fraction of sp³-hybridized carbons (Fsp3) is 0.727. The molecule has 4 N–H and O–H groups in total. The van der Waals surface area contributed by atoms with Crippen LogP contribution in [0.25, 0.3) is 0 Å². The van der Waals surface area contributed by atoms with Crippen LogP contribution in [0.15, 0.2) is 28.6 Å². The van der Waals surface area contributed by atoms with E-state index in [9.17, 15) is 4.79 Å². The number of aliphatic hydroxyl groups excluding tert-OH is 2. The molecule has 0 bridgehead atoms. The minimum atomic E-state index is -0.152. The van der Waals surface area contributed by atoms with Gasteiger partial charge in [0.1, 0.15) is 6.79 Å². The molecule has 7 nitrogen and oxygen atoms in total. The van der Waals surface area contributed by atoms with Gasteiger partial charge in [-0.2, -0.15) is 10.1 Å². The van der Waals surface area contributed by atoms with Gasteiger partial charge in [-0.25, -0.2) is 0 Å². The van der Waals surface area contributed by atoms with Gasteiger partial charge in [-0.15, -0.1) is 12.8 Å². The minimum Gasteiger partial charge on any atom is -0.400 e. The Morgan fingerprint density at radius 2 is 1.23 bits per heavy atom. The van der Waals surface area contributed by atoms with Crippen LogP contribution in [-0.2, 0) is 9.59 Å². The Morgan fingerprint density at radius 3 is 1.57 bits per heavy atom. The van der Waals surface area contributed by atoms with Crippen molar-refractivity contribution in [2.75, 3.05) is 13.7 Å². The van der Waals surface area contributed by atoms with E-state index in [1.54, 1.807) is 6.08 Å². The van der Waals surface area contributed by atoms with Crippen LogP contribution in [-0.4, -0.2) is 47.3 Å². The summed E-state index contributed by atoms with van der Waals surface area (Å²) in [5, 5.41) is 21.9. The number of nitrogens with zero attached hydrogens (tertiary/aromatic N) is 2. The normalized spacial score (nSPS) is 12.9. The summed E-state index contributed by atoms with van der Waals surface area (Å²) < 4.78 is 0. The first kappa shape index (κ1) is 42.0. The number of allylic oxidation sites excluding steroid dienone is 1. The maximum Gasteiger partial charge on any atom is 0.253 e. The number of nitrogens with two attached hydrogens (primary N) is 1. The van der Waals surface area contributed by atoms with Crippen molar-refractivity contribution in [3.63, 3.8) is 0 Å². The molecular formula is C33H61N3O4. The van der Waals surface area contributed by atoms with Crippen molar-refractivity contribution in [2.45, 2.75) is 142 Å². The standard InChI is InChI=1S/C29H53N3O2.C2H2.CH4O.CH2O/c1-3-5-6-7-8-9-10-11-12-13-14-15-16-17-18-19-20-21-22-26-25-29(34)32(31-26)28(4-2)27(30)23-24-33;3*1-2/h4,23,33H,3,5-22,24-25,30H2,1-2H3;1-2H;2H,1H3;1H2/b27-23+,28-4+;;;. The molecule has 1 rings (SSSR count). The maximum absolute atomic E-state index is 12.3. The van der Waals surface area contributed by atoms with Crippen molar-refractivity contribution in [3.8, 4) is 12.8 Å². The highest BCUT2D eigenvalue weighted by Gasteiger charge is 2.26. The topological polar surface area (TPSA) is 116 Å². The van der Waals surface area contributed by atoms with Gasteiger partial charge in [0, 0.05) is 12.8 Å². The molecule has 1 aliphatic heterocycles. The third-order valence-electron chi connectivity index (χ3n) is 6.76. The van der Waals surface area contributed by atoms with Gasteiger partial charge in [0.05, 0.1) is 24.4 Å². The molecule has 1 amide bonds. The van der Waals surface area contributed by atoms with Gasteiger partial charge in [-0.3, -0.25) is 4.79 Å². The average molecular weight is 564 g/mol. The van der Waals surface area contributed by atoms with E-state index in [1.807, 2.05) is 13.7 Å². The number of amides is 1. The van der Waals surface area contributed by atoms with E-state index < -0.39 is 0 Å². The molecular weight excluding hydrogens is 502 g/mol. The predicted molar refractivity (Wildman–Crippen MR) is 171 cm³/mol. The van der Waals surface area contributed by atoms with Gasteiger partial charge in [-0.1, -0.05) is 122 Å². The first-order valence-electron chi connectivity index (χ1n) is 15.3. The van der Waals surface area contributed by atoms with E-state index >= 15 is 0 Å². The summed E-state index contributed by atoms with van der Waals surface area (Å²) >= 11 is 0. The lowest BCUT2D eigenvalue weighted by Gasteiger charge is -2.16. The summed E-state index contributed by atoms with van der Waals surface area (Å²) in [5.41, 5.74) is 7.83. The molecule has 0 spiro atoms. The smallest absolute Gasteiger partial charge is 0.253 e. The van der Waals surface area contributed by atoms with Crippen molar-refractivity contribution in [1.82, 2.24) is 5.01 Å². The Bertz CT molecular complexity index is 686. The van der Waals surface area contributed by atoms with Crippen molar-refractivity contribution >= 4 is 18.4 Å². The van der Waals surface area contributed by atoms with Crippen LogP contribution >= 0.6 is 0 Å². The zero-order valence-corrected chi connectivity index (χ0v) is 26.0. The number of carbonyl (C=O) groups is 2. The average Bonchev–Trinajstić information content (AvgIpc) is 3.35. The molecule has 0 aromatic heterocycles. The number of hydrogen-bond donors (Lipinski definition) is 3. The van der Waals surface area contributed by atoms with E-state index in [-0.39, 0.29) is 12.5 Å². The largest absolute Gasteiger partial charge is 0.400 e. The van der Waals surface area contributed by atoms with Gasteiger partial charge in [0.15, 0.2) is 0 Å². The molecule has 0 atom stereocenters. The highest BCUT2D eigenvalue weighted by atomic mass is 16.2. The molecule has 0 saturated heterocycles. The summed E-state index contributed by atoms with van der Waals surface area (Å²) in [7, 11) is 1.00. The quantitative estimate of drug-likeness (QED) is 0.0720. The number of carbonyl (C=O) groups excluding carboxylic acids is 2. The monoisotopic (exact) mass is 563 g/mol. The van der Waals surface area contributed by atoms with Crippen LogP contribution in [0.3, 0.4) is 0 Å². The van der Waals surface area contributed by atoms with Gasteiger partial charge >= 0.3 is 0 Å². The summed E-state index contributed by atoms with van der Waals surface area (Å²) in [6, 6.07) is 0. The number of rotatable bonds is 22. The van der Waals surface area contributed by atoms with Gasteiger partial charge in [0.25, 0.3) is 5.91 Å². The first-order chi connectivity index (χ1) is 19.6. The van der Waals surface area contributed by atoms with Crippen LogP contribution in [0.4, 0.5) is 0 Å². The summed E-state index contributed by atoms with van der Waals surface area (Å²) in [6.45, 7) is 5.96. The predicted octanol–water partition coefficient (Wildman–Crippen LogP) is 7.42. The second-order valence-electron chi connectivity index (χ2n) is 9.82. The first-order valence-corrected chi connectivity index (χ1v) is 15.3. The van der Waals surface area contributed by atoms with E-state index in [4.69, 9.17) is 20.7 Å². The van der Waals surface area contributed by atoms with Crippen molar-refractivity contribution in [3.05, 3.63) is 23.5 Å². The van der Waals surface area contributed by atoms with Crippen LogP contribution in [0.2, 0.25) is 0 Å². The minimum absolute atomic E-state index is 0.0419. The summed E-state index contributed by atoms with van der Waals surface area (Å²) in [6.07, 6.45) is 37.2. The highest BCUT2D eigenvalue weighted by molar-refractivity contribution is 6.05. The molecule has 0 aromatic carbocycles. The zero-order valence-electron chi connectivity index (χ0n) is 26.0. The summed E-state index contributed by atoms with van der Waals surface area (Å²) in [5.74, 6) is -0.0419. The maximum atomic E-state index is 12.3. The van der Waals surface area contributed by atoms with Crippen molar-refractivity contribution in [2.24, 2.45) is 10.8 Å². The van der Waals surface area contributed by atoms with E-state index in [0.717, 1.165) is 25.7 Å². The Balaban J connectivity index is -0.00000213. The molecule has 0 aliphatic carbocycles. The molecule has 0 fully saturated rings. The molecule has 0 radical (unpaired) electrons. The number of hydrogen-bond acceptors (Lipinski definition) is 6. The highest BCUT2D eigenvalue weighted by Crippen LogP contribution is 2.22. The summed E-state index contributed by atoms with van der Waals surface area (Å²) in [4.78, 5) is 20.3. The Kier molecular flexibility index (Phi) is 36.4. The molecule has 232 valence electrons. The molecule has 40 heavy (non-hydrogen) atoms. The second kappa shape index (κ2) is 34.6. The molecule has 1 heterocycles.